The number of hydrogen-bond acceptors (Lipinski definition) is 6. The first-order valence-corrected chi connectivity index (χ1v) is 8.56. The summed E-state index contributed by atoms with van der Waals surface area (Å²) in [6.07, 6.45) is 7.72. The Labute approximate surface area is 142 Å². The van der Waals surface area contributed by atoms with Gasteiger partial charge in [-0.15, -0.1) is 11.3 Å². The molecular formula is C15H17N5O3S. The number of aromatic nitrogens is 2. The molecule has 0 aliphatic heterocycles. The van der Waals surface area contributed by atoms with Crippen molar-refractivity contribution < 1.29 is 9.72 Å². The predicted octanol–water partition coefficient (Wildman–Crippen LogP) is 2.69. The van der Waals surface area contributed by atoms with E-state index in [-0.39, 0.29) is 11.4 Å². The van der Waals surface area contributed by atoms with E-state index in [0.717, 1.165) is 24.0 Å². The van der Waals surface area contributed by atoms with E-state index in [4.69, 9.17) is 0 Å². The van der Waals surface area contributed by atoms with Crippen LogP contribution in [0.4, 0.5) is 16.2 Å². The minimum Gasteiger partial charge on any atom is -0.337 e. The van der Waals surface area contributed by atoms with Crippen molar-refractivity contribution in [3.63, 3.8) is 0 Å². The number of fused-ring (bicyclic) bond motifs is 1. The summed E-state index contributed by atoms with van der Waals surface area (Å²) in [5, 5.41) is 17.1. The zero-order valence-electron chi connectivity index (χ0n) is 12.9. The highest BCUT2D eigenvalue weighted by molar-refractivity contribution is 7.11. The fourth-order valence-corrected chi connectivity index (χ4v) is 3.76. The van der Waals surface area contributed by atoms with Crippen LogP contribution in [0.15, 0.2) is 18.5 Å². The molecule has 0 saturated heterocycles. The smallest absolute Gasteiger partial charge is 0.319 e. The zero-order chi connectivity index (χ0) is 16.9. The second-order valence-electron chi connectivity index (χ2n) is 5.47. The van der Waals surface area contributed by atoms with Crippen molar-refractivity contribution in [3.05, 3.63) is 44.2 Å². The average molecular weight is 347 g/mol. The van der Waals surface area contributed by atoms with Crippen molar-refractivity contribution in [1.82, 2.24) is 15.3 Å². The third-order valence-electron chi connectivity index (χ3n) is 3.76. The molecular weight excluding hydrogens is 330 g/mol. The number of nitrogens with one attached hydrogen (secondary N) is 2. The first-order chi connectivity index (χ1) is 11.6. The van der Waals surface area contributed by atoms with Gasteiger partial charge in [-0.1, -0.05) is 0 Å². The number of aryl methyl sites for hydroxylation is 2. The lowest BCUT2D eigenvalue weighted by Crippen LogP contribution is -2.30. The monoisotopic (exact) mass is 347 g/mol. The molecule has 3 rings (SSSR count). The van der Waals surface area contributed by atoms with Gasteiger partial charge in [0.1, 0.15) is 11.9 Å². The van der Waals surface area contributed by atoms with Gasteiger partial charge in [-0.3, -0.25) is 15.1 Å². The van der Waals surface area contributed by atoms with Crippen molar-refractivity contribution in [1.29, 1.82) is 0 Å². The third kappa shape index (κ3) is 3.85. The number of urea groups is 1. The van der Waals surface area contributed by atoms with Crippen molar-refractivity contribution in [2.45, 2.75) is 32.1 Å². The Kier molecular flexibility index (Phi) is 4.99. The van der Waals surface area contributed by atoms with Gasteiger partial charge >= 0.3 is 11.7 Å². The number of pyridine rings is 1. The molecule has 9 heteroatoms. The Morgan fingerprint density at radius 1 is 1.38 bits per heavy atom. The summed E-state index contributed by atoms with van der Waals surface area (Å²) in [4.78, 5) is 31.9. The maximum Gasteiger partial charge on any atom is 0.319 e. The van der Waals surface area contributed by atoms with Crippen LogP contribution in [0, 0.1) is 10.1 Å². The quantitative estimate of drug-likeness (QED) is 0.638. The summed E-state index contributed by atoms with van der Waals surface area (Å²) in [5.41, 5.74) is 1.09. The SMILES string of the molecule is O=C(NCCc1nc2c(s1)CCCC2)Nc1ccncc1[N+](=O)[O-]. The van der Waals surface area contributed by atoms with E-state index in [1.165, 1.54) is 35.7 Å². The summed E-state index contributed by atoms with van der Waals surface area (Å²) in [6.45, 7) is 0.428. The van der Waals surface area contributed by atoms with Crippen molar-refractivity contribution in [3.8, 4) is 0 Å². The van der Waals surface area contributed by atoms with E-state index in [0.29, 0.717) is 13.0 Å². The van der Waals surface area contributed by atoms with Gasteiger partial charge in [0.25, 0.3) is 0 Å². The maximum absolute atomic E-state index is 11.9. The molecule has 0 unspecified atom stereocenters. The highest BCUT2D eigenvalue weighted by Crippen LogP contribution is 2.26. The van der Waals surface area contributed by atoms with Gasteiger partial charge < -0.3 is 10.6 Å². The molecule has 0 atom stereocenters. The number of thiazole rings is 1. The van der Waals surface area contributed by atoms with Gasteiger partial charge in [0.2, 0.25) is 0 Å². The molecule has 24 heavy (non-hydrogen) atoms. The molecule has 1 aliphatic rings. The predicted molar refractivity (Wildman–Crippen MR) is 90.4 cm³/mol. The molecule has 2 aromatic heterocycles. The number of rotatable bonds is 5. The molecule has 0 radical (unpaired) electrons. The summed E-state index contributed by atoms with van der Waals surface area (Å²) >= 11 is 1.72. The van der Waals surface area contributed by atoms with E-state index in [1.54, 1.807) is 11.3 Å². The number of anilines is 1. The van der Waals surface area contributed by atoms with E-state index in [2.05, 4.69) is 20.6 Å². The minimum atomic E-state index is -0.581. The van der Waals surface area contributed by atoms with Gasteiger partial charge in [0.15, 0.2) is 0 Å². The molecule has 1 aliphatic carbocycles. The van der Waals surface area contributed by atoms with Crippen LogP contribution in [0.3, 0.4) is 0 Å². The van der Waals surface area contributed by atoms with Crippen molar-refractivity contribution in [2.24, 2.45) is 0 Å². The van der Waals surface area contributed by atoms with Crippen LogP contribution in [0.2, 0.25) is 0 Å². The standard InChI is InChI=1S/C15H17N5O3S/c21-15(19-10-5-7-16-9-12(10)20(22)23)17-8-6-14-18-11-3-1-2-4-13(11)24-14/h5,7,9H,1-4,6,8H2,(H2,16,17,19,21). The van der Waals surface area contributed by atoms with Crippen LogP contribution >= 0.6 is 11.3 Å². The number of amides is 2. The Morgan fingerprint density at radius 3 is 3.00 bits per heavy atom. The van der Waals surface area contributed by atoms with Gasteiger partial charge in [-0.25, -0.2) is 9.78 Å². The Morgan fingerprint density at radius 2 is 2.21 bits per heavy atom. The zero-order valence-corrected chi connectivity index (χ0v) is 13.8. The van der Waals surface area contributed by atoms with Crippen molar-refractivity contribution >= 4 is 28.7 Å². The van der Waals surface area contributed by atoms with Crippen LogP contribution in [0.5, 0.6) is 0 Å². The average Bonchev–Trinajstić information content (AvgIpc) is 2.97. The molecule has 2 amide bonds. The highest BCUT2D eigenvalue weighted by atomic mass is 32.1. The lowest BCUT2D eigenvalue weighted by molar-refractivity contribution is -0.384. The van der Waals surface area contributed by atoms with Crippen LogP contribution < -0.4 is 10.6 Å². The summed E-state index contributed by atoms with van der Waals surface area (Å²) in [6, 6.07) is 0.915. The summed E-state index contributed by atoms with van der Waals surface area (Å²) < 4.78 is 0. The summed E-state index contributed by atoms with van der Waals surface area (Å²) in [5.74, 6) is 0. The second-order valence-corrected chi connectivity index (χ2v) is 6.63. The summed E-state index contributed by atoms with van der Waals surface area (Å²) in [7, 11) is 0. The number of nitro groups is 1. The van der Waals surface area contributed by atoms with Crippen molar-refractivity contribution in [2.75, 3.05) is 11.9 Å². The Hall–Kier alpha value is -2.55. The first-order valence-electron chi connectivity index (χ1n) is 7.74. The molecule has 0 spiro atoms. The number of hydrogen-bond donors (Lipinski definition) is 2. The normalized spacial score (nSPS) is 13.2. The van der Waals surface area contributed by atoms with E-state index >= 15 is 0 Å². The molecule has 0 saturated carbocycles. The Balaban J connectivity index is 1.51. The lowest BCUT2D eigenvalue weighted by atomic mass is 10.0. The molecule has 2 aromatic rings. The number of carbonyl (C=O) groups excluding carboxylic acids is 1. The topological polar surface area (TPSA) is 110 Å². The van der Waals surface area contributed by atoms with Gasteiger partial charge in [0, 0.05) is 24.0 Å². The molecule has 0 bridgehead atoms. The van der Waals surface area contributed by atoms with E-state index in [9.17, 15) is 14.9 Å². The highest BCUT2D eigenvalue weighted by Gasteiger charge is 2.16. The molecule has 2 heterocycles. The molecule has 0 fully saturated rings. The van der Waals surface area contributed by atoms with Crippen LogP contribution in [-0.4, -0.2) is 27.5 Å². The fraction of sp³-hybridized carbons (Fsp3) is 0.400. The molecule has 8 nitrogen and oxygen atoms in total. The number of nitrogens with zero attached hydrogens (tertiary/aromatic N) is 3. The van der Waals surface area contributed by atoms with Crippen LogP contribution in [0.25, 0.3) is 0 Å². The fourth-order valence-electron chi connectivity index (χ4n) is 2.60. The van der Waals surface area contributed by atoms with E-state index < -0.39 is 11.0 Å². The molecule has 126 valence electrons. The van der Waals surface area contributed by atoms with Crippen LogP contribution in [0.1, 0.15) is 28.4 Å². The molecule has 0 aromatic carbocycles. The number of carbonyl (C=O) groups is 1. The maximum atomic E-state index is 11.9. The Bertz CT molecular complexity index is 738. The first kappa shape index (κ1) is 16.3. The van der Waals surface area contributed by atoms with E-state index in [1.807, 2.05) is 0 Å². The third-order valence-corrected chi connectivity index (χ3v) is 4.98. The largest absolute Gasteiger partial charge is 0.337 e. The molecule has 2 N–H and O–H groups in total. The van der Waals surface area contributed by atoms with Gasteiger partial charge in [-0.2, -0.15) is 0 Å². The lowest BCUT2D eigenvalue weighted by Gasteiger charge is -2.07. The second kappa shape index (κ2) is 7.35. The van der Waals surface area contributed by atoms with Crippen LogP contribution in [-0.2, 0) is 19.3 Å². The van der Waals surface area contributed by atoms with Gasteiger partial charge in [-0.05, 0) is 31.7 Å². The minimum absolute atomic E-state index is 0.122. The van der Waals surface area contributed by atoms with Gasteiger partial charge in [0.05, 0.1) is 15.6 Å².